The molecule has 5 heteroatoms. The summed E-state index contributed by atoms with van der Waals surface area (Å²) in [6.45, 7) is 0.722. The zero-order chi connectivity index (χ0) is 12.0. The number of hydrogen-bond donors (Lipinski definition) is 1. The fraction of sp³-hybridized carbons (Fsp3) is 0.727. The molecule has 1 N–H and O–H groups in total. The molecule has 0 aromatic rings. The molecular formula is C11H17N3O2. The van der Waals surface area contributed by atoms with Crippen LogP contribution in [0.4, 0.5) is 0 Å². The number of carbonyl (C=O) groups excluding carboxylic acids is 2. The van der Waals surface area contributed by atoms with Crippen molar-refractivity contribution in [1.29, 1.82) is 5.26 Å². The number of likely N-dealkylation sites (tertiary alicyclic amines) is 1. The minimum atomic E-state index is -0.232. The summed E-state index contributed by atoms with van der Waals surface area (Å²) in [5, 5.41) is 11.5. The third-order valence-electron chi connectivity index (χ3n) is 2.76. The minimum Gasteiger partial charge on any atom is -0.306 e. The number of hydrogen-bond acceptors (Lipinski definition) is 4. The van der Waals surface area contributed by atoms with Crippen molar-refractivity contribution >= 4 is 11.8 Å². The lowest BCUT2D eigenvalue weighted by atomic mass is 10.0. The van der Waals surface area contributed by atoms with Crippen LogP contribution in [-0.2, 0) is 9.59 Å². The Balaban J connectivity index is 2.25. The maximum atomic E-state index is 11.6. The number of rotatable bonds is 5. The van der Waals surface area contributed by atoms with Crippen molar-refractivity contribution in [2.75, 3.05) is 13.6 Å². The predicted molar refractivity (Wildman–Crippen MR) is 58.3 cm³/mol. The summed E-state index contributed by atoms with van der Waals surface area (Å²) in [6.07, 6.45) is 3.30. The third kappa shape index (κ3) is 3.31. The first-order chi connectivity index (χ1) is 7.66. The van der Waals surface area contributed by atoms with Crippen molar-refractivity contribution in [3.8, 4) is 6.07 Å². The molecule has 16 heavy (non-hydrogen) atoms. The van der Waals surface area contributed by atoms with E-state index < -0.39 is 0 Å². The van der Waals surface area contributed by atoms with Crippen LogP contribution in [0, 0.1) is 11.3 Å². The first kappa shape index (κ1) is 12.7. The van der Waals surface area contributed by atoms with Gasteiger partial charge in [-0.15, -0.1) is 0 Å². The fourth-order valence-electron chi connectivity index (χ4n) is 1.71. The van der Waals surface area contributed by atoms with Crippen LogP contribution in [0.1, 0.15) is 32.1 Å². The van der Waals surface area contributed by atoms with Crippen molar-refractivity contribution in [3.05, 3.63) is 0 Å². The van der Waals surface area contributed by atoms with E-state index >= 15 is 0 Å². The van der Waals surface area contributed by atoms with Crippen molar-refractivity contribution in [1.82, 2.24) is 10.2 Å². The average Bonchev–Trinajstić information content (AvgIpc) is 2.28. The second-order valence-corrected chi connectivity index (χ2v) is 3.95. The largest absolute Gasteiger partial charge is 0.306 e. The molecule has 0 bridgehead atoms. The van der Waals surface area contributed by atoms with Gasteiger partial charge < -0.3 is 5.32 Å². The Hall–Kier alpha value is -1.41. The highest BCUT2D eigenvalue weighted by Crippen LogP contribution is 2.11. The first-order valence-electron chi connectivity index (χ1n) is 5.57. The van der Waals surface area contributed by atoms with Crippen molar-refractivity contribution < 1.29 is 9.59 Å². The molecule has 88 valence electrons. The summed E-state index contributed by atoms with van der Waals surface area (Å²) >= 11 is 0. The molecule has 2 amide bonds. The summed E-state index contributed by atoms with van der Waals surface area (Å²) in [6, 6.07) is 1.85. The summed E-state index contributed by atoms with van der Waals surface area (Å²) < 4.78 is 0. The van der Waals surface area contributed by atoms with Gasteiger partial charge in [-0.05, 0) is 25.8 Å². The minimum absolute atomic E-state index is 0.104. The summed E-state index contributed by atoms with van der Waals surface area (Å²) in [7, 11) is 1.52. The van der Waals surface area contributed by atoms with Crippen LogP contribution >= 0.6 is 0 Å². The Morgan fingerprint density at radius 3 is 2.94 bits per heavy atom. The third-order valence-corrected chi connectivity index (χ3v) is 2.76. The van der Waals surface area contributed by atoms with Crippen LogP contribution < -0.4 is 5.32 Å². The van der Waals surface area contributed by atoms with E-state index in [2.05, 4.69) is 11.4 Å². The normalized spacial score (nSPS) is 21.0. The zero-order valence-corrected chi connectivity index (χ0v) is 9.53. The van der Waals surface area contributed by atoms with Crippen LogP contribution in [-0.4, -0.2) is 36.3 Å². The Kier molecular flexibility index (Phi) is 4.93. The zero-order valence-electron chi connectivity index (χ0n) is 9.53. The molecule has 1 unspecified atom stereocenters. The van der Waals surface area contributed by atoms with Crippen LogP contribution in [0.3, 0.4) is 0 Å². The fourth-order valence-corrected chi connectivity index (χ4v) is 1.71. The molecule has 1 heterocycles. The Labute approximate surface area is 95.4 Å². The van der Waals surface area contributed by atoms with Gasteiger partial charge in [-0.2, -0.15) is 5.26 Å². The Bertz CT molecular complexity index is 309. The summed E-state index contributed by atoms with van der Waals surface area (Å²) in [4.78, 5) is 24.0. The van der Waals surface area contributed by atoms with Gasteiger partial charge in [-0.1, -0.05) is 0 Å². The molecular weight excluding hydrogens is 206 g/mol. The number of piperidine rings is 1. The molecule has 0 spiro atoms. The van der Waals surface area contributed by atoms with E-state index in [9.17, 15) is 9.59 Å². The van der Waals surface area contributed by atoms with Crippen LogP contribution in [0.25, 0.3) is 0 Å². The van der Waals surface area contributed by atoms with Gasteiger partial charge in [0, 0.05) is 19.9 Å². The van der Waals surface area contributed by atoms with Crippen molar-refractivity contribution in [2.45, 2.75) is 38.1 Å². The molecule has 1 saturated heterocycles. The number of likely N-dealkylation sites (N-methyl/N-ethyl adjacent to an activating group) is 1. The Morgan fingerprint density at radius 2 is 2.25 bits per heavy atom. The van der Waals surface area contributed by atoms with Gasteiger partial charge in [-0.3, -0.25) is 14.5 Å². The lowest BCUT2D eigenvalue weighted by Gasteiger charge is -2.28. The van der Waals surface area contributed by atoms with Crippen LogP contribution in [0.2, 0.25) is 0 Å². The monoisotopic (exact) mass is 223 g/mol. The van der Waals surface area contributed by atoms with E-state index in [1.54, 1.807) is 0 Å². The average molecular weight is 223 g/mol. The predicted octanol–water partition coefficient (Wildman–Crippen LogP) is 0.417. The van der Waals surface area contributed by atoms with Gasteiger partial charge in [0.15, 0.2) is 0 Å². The van der Waals surface area contributed by atoms with E-state index in [-0.39, 0.29) is 17.9 Å². The van der Waals surface area contributed by atoms with E-state index in [0.717, 1.165) is 19.4 Å². The molecule has 1 fully saturated rings. The second kappa shape index (κ2) is 6.23. The van der Waals surface area contributed by atoms with Crippen molar-refractivity contribution in [2.24, 2.45) is 0 Å². The Morgan fingerprint density at radius 1 is 1.50 bits per heavy atom. The first-order valence-corrected chi connectivity index (χ1v) is 5.57. The maximum absolute atomic E-state index is 11.6. The maximum Gasteiger partial charge on any atom is 0.246 e. The van der Waals surface area contributed by atoms with E-state index in [0.29, 0.717) is 19.3 Å². The SMILES string of the molecule is CN1C(=O)CCC(NCCCCC#N)C1=O. The topological polar surface area (TPSA) is 73.2 Å². The lowest BCUT2D eigenvalue weighted by Crippen LogP contribution is -2.51. The lowest BCUT2D eigenvalue weighted by molar-refractivity contribution is -0.148. The van der Waals surface area contributed by atoms with E-state index in [4.69, 9.17) is 5.26 Å². The van der Waals surface area contributed by atoms with Gasteiger partial charge in [0.1, 0.15) is 0 Å². The molecule has 1 rings (SSSR count). The molecule has 1 atom stereocenters. The second-order valence-electron chi connectivity index (χ2n) is 3.95. The van der Waals surface area contributed by atoms with Gasteiger partial charge in [0.05, 0.1) is 12.1 Å². The van der Waals surface area contributed by atoms with Crippen LogP contribution in [0.15, 0.2) is 0 Å². The number of nitrogens with zero attached hydrogens (tertiary/aromatic N) is 2. The van der Waals surface area contributed by atoms with Crippen LogP contribution in [0.5, 0.6) is 0 Å². The summed E-state index contributed by atoms with van der Waals surface area (Å²) in [5.41, 5.74) is 0. The smallest absolute Gasteiger partial charge is 0.246 e. The van der Waals surface area contributed by atoms with Gasteiger partial charge in [-0.25, -0.2) is 0 Å². The number of nitriles is 1. The number of imide groups is 1. The molecule has 1 aliphatic rings. The van der Waals surface area contributed by atoms with Gasteiger partial charge >= 0.3 is 0 Å². The molecule has 1 aliphatic heterocycles. The molecule has 5 nitrogen and oxygen atoms in total. The molecule has 0 saturated carbocycles. The van der Waals surface area contributed by atoms with E-state index in [1.165, 1.54) is 11.9 Å². The molecule has 0 aromatic heterocycles. The number of nitrogens with one attached hydrogen (secondary N) is 1. The standard InChI is InChI=1S/C11H17N3O2/c1-14-10(15)6-5-9(11(14)16)13-8-4-2-3-7-12/h9,13H,2-6,8H2,1H3. The quantitative estimate of drug-likeness (QED) is 0.541. The number of unbranched alkanes of at least 4 members (excludes halogenated alkanes) is 2. The number of carbonyl (C=O) groups is 2. The van der Waals surface area contributed by atoms with Gasteiger partial charge in [0.25, 0.3) is 0 Å². The molecule has 0 radical (unpaired) electrons. The molecule has 0 aromatic carbocycles. The van der Waals surface area contributed by atoms with Crippen molar-refractivity contribution in [3.63, 3.8) is 0 Å². The molecule has 0 aliphatic carbocycles. The number of amides is 2. The highest BCUT2D eigenvalue weighted by molar-refractivity contribution is 6.00. The van der Waals surface area contributed by atoms with E-state index in [1.807, 2.05) is 0 Å². The highest BCUT2D eigenvalue weighted by Gasteiger charge is 2.30. The summed E-state index contributed by atoms with van der Waals surface area (Å²) in [5.74, 6) is -0.246. The van der Waals surface area contributed by atoms with Gasteiger partial charge in [0.2, 0.25) is 11.8 Å². The highest BCUT2D eigenvalue weighted by atomic mass is 16.2.